The van der Waals surface area contributed by atoms with Crippen LogP contribution in [0.3, 0.4) is 0 Å². The molecule has 2 heterocycles. The van der Waals surface area contributed by atoms with Crippen molar-refractivity contribution in [3.8, 4) is 0 Å². The zero-order valence-corrected chi connectivity index (χ0v) is 42.3. The highest BCUT2D eigenvalue weighted by Gasteiger charge is 2.21. The van der Waals surface area contributed by atoms with Gasteiger partial charge in [0.2, 0.25) is 0 Å². The minimum atomic E-state index is -0.184. The molecule has 4 atom stereocenters. The topological polar surface area (TPSA) is 112 Å². The molecule has 9 heteroatoms. The molecule has 374 valence electrons. The van der Waals surface area contributed by atoms with Crippen molar-refractivity contribution in [2.45, 2.75) is 258 Å². The fourth-order valence-corrected chi connectivity index (χ4v) is 9.17. The molecule has 2 aliphatic rings. The third kappa shape index (κ3) is 38.5. The smallest absolute Gasteiger partial charge is 0.305 e. The van der Waals surface area contributed by atoms with Crippen molar-refractivity contribution >= 4 is 11.9 Å². The number of hydrogen-bond acceptors (Lipinski definition) is 9. The molecule has 0 saturated carbocycles. The number of rotatable bonds is 43. The van der Waals surface area contributed by atoms with Crippen molar-refractivity contribution in [1.82, 2.24) is 15.1 Å². The average molecular weight is 894 g/mol. The van der Waals surface area contributed by atoms with Crippen molar-refractivity contribution in [3.05, 3.63) is 0 Å². The van der Waals surface area contributed by atoms with Gasteiger partial charge in [-0.3, -0.25) is 14.5 Å². The van der Waals surface area contributed by atoms with Gasteiger partial charge >= 0.3 is 11.9 Å². The molecule has 0 aliphatic carbocycles. The van der Waals surface area contributed by atoms with Gasteiger partial charge in [-0.05, 0) is 95.7 Å². The van der Waals surface area contributed by atoms with Crippen LogP contribution in [0.15, 0.2) is 0 Å². The number of nitrogens with zero attached hydrogens (tertiary/aromatic N) is 2. The summed E-state index contributed by atoms with van der Waals surface area (Å²) in [6.07, 6.45) is 39.4. The van der Waals surface area contributed by atoms with Crippen molar-refractivity contribution in [1.29, 1.82) is 0 Å². The number of carbonyl (C=O) groups excluding carboxylic acids is 2. The van der Waals surface area contributed by atoms with Crippen LogP contribution in [-0.4, -0.2) is 110 Å². The summed E-state index contributed by atoms with van der Waals surface area (Å²) in [4.78, 5) is 30.4. The molecule has 0 aromatic rings. The summed E-state index contributed by atoms with van der Waals surface area (Å²) in [5, 5.41) is 21.7. The predicted octanol–water partition coefficient (Wildman–Crippen LogP) is 12.6. The number of unbranched alkanes of at least 4 members (excludes halogenated alkanes) is 20. The van der Waals surface area contributed by atoms with E-state index in [0.29, 0.717) is 37.9 Å². The highest BCUT2D eigenvalue weighted by molar-refractivity contribution is 5.69. The van der Waals surface area contributed by atoms with Crippen LogP contribution in [0, 0.1) is 11.8 Å². The van der Waals surface area contributed by atoms with Crippen LogP contribution in [0.4, 0.5) is 0 Å². The fourth-order valence-electron chi connectivity index (χ4n) is 9.17. The Morgan fingerprint density at radius 2 is 0.952 bits per heavy atom. The second kappa shape index (κ2) is 44.6. The maximum Gasteiger partial charge on any atom is 0.305 e. The average Bonchev–Trinajstić information content (AvgIpc) is 3.95. The molecule has 0 amide bonds. The molecule has 63 heavy (non-hydrogen) atoms. The first-order valence-corrected chi connectivity index (χ1v) is 27.6. The number of aliphatic hydroxyl groups excluding tert-OH is 2. The molecule has 2 rings (SSSR count). The zero-order valence-electron chi connectivity index (χ0n) is 42.3. The molecular formula is C54H107N3O6. The highest BCUT2D eigenvalue weighted by atomic mass is 16.5. The van der Waals surface area contributed by atoms with Crippen LogP contribution in [0.1, 0.15) is 246 Å². The normalized spacial score (nSPS) is 17.5. The number of β-amino-alcohol motifs (C(OH)–C–C–N with tert-alkyl or cyclic N) is 2. The summed E-state index contributed by atoms with van der Waals surface area (Å²) in [5.41, 5.74) is 0. The summed E-state index contributed by atoms with van der Waals surface area (Å²) in [7, 11) is 0. The second-order valence-electron chi connectivity index (χ2n) is 19.8. The number of hydrogen-bond donors (Lipinski definition) is 3. The van der Waals surface area contributed by atoms with Crippen LogP contribution < -0.4 is 5.32 Å². The Kier molecular flexibility index (Phi) is 42.3. The standard InChI is InChI=1S/C50H98N2O5.C4H9NO/c1-5-9-13-17-19-25-33-46(31-23-15-11-7-3)44-56-49(54)35-27-21-29-38-51(41-42-52-40-37-48(53)43-52)39-30-22-28-36-50(55)57-45-47(32-24-16-12-8-4)34-26-20-18-14-10-6-2;6-4-1-2-5-3-4/h46-48,53H,5-45H2,1-4H3;4-6H,1-3H2. The molecule has 0 spiro atoms. The van der Waals surface area contributed by atoms with Gasteiger partial charge in [0.25, 0.3) is 0 Å². The lowest BCUT2D eigenvalue weighted by Gasteiger charge is -2.25. The van der Waals surface area contributed by atoms with Crippen LogP contribution in [0.2, 0.25) is 0 Å². The van der Waals surface area contributed by atoms with Crippen LogP contribution in [0.25, 0.3) is 0 Å². The molecule has 9 nitrogen and oxygen atoms in total. The third-order valence-electron chi connectivity index (χ3n) is 13.5. The number of esters is 2. The molecule has 2 fully saturated rings. The lowest BCUT2D eigenvalue weighted by molar-refractivity contribution is -0.146. The van der Waals surface area contributed by atoms with Crippen molar-refractivity contribution < 1.29 is 29.3 Å². The van der Waals surface area contributed by atoms with Crippen LogP contribution in [0.5, 0.6) is 0 Å². The molecule has 0 bridgehead atoms. The Morgan fingerprint density at radius 1 is 0.540 bits per heavy atom. The number of likely N-dealkylation sites (tertiary alicyclic amines) is 1. The monoisotopic (exact) mass is 894 g/mol. The Bertz CT molecular complexity index is 939. The van der Waals surface area contributed by atoms with E-state index in [9.17, 15) is 14.7 Å². The molecular weight excluding hydrogens is 787 g/mol. The minimum Gasteiger partial charge on any atom is -0.465 e. The van der Waals surface area contributed by atoms with E-state index in [0.717, 1.165) is 104 Å². The van der Waals surface area contributed by atoms with Gasteiger partial charge in [0.05, 0.1) is 25.4 Å². The SMILES string of the molecule is CCCCCCCCC(CCCCCC)COC(=O)CCCCCN(CCCCCC(=O)OCC(CCCCCC)CCCCCCCC)CCN1CCC(O)C1.OC1CCNC1. The molecule has 2 saturated heterocycles. The summed E-state index contributed by atoms with van der Waals surface area (Å²) < 4.78 is 11.7. The quantitative estimate of drug-likeness (QED) is 0.0407. The Labute approximate surface area is 390 Å². The lowest BCUT2D eigenvalue weighted by atomic mass is 9.95. The Morgan fingerprint density at radius 3 is 1.32 bits per heavy atom. The first-order valence-electron chi connectivity index (χ1n) is 27.6. The minimum absolute atomic E-state index is 0.0141. The van der Waals surface area contributed by atoms with Gasteiger partial charge in [-0.2, -0.15) is 0 Å². The molecule has 3 N–H and O–H groups in total. The van der Waals surface area contributed by atoms with Gasteiger partial charge in [0, 0.05) is 45.6 Å². The molecule has 2 aliphatic heterocycles. The van der Waals surface area contributed by atoms with E-state index in [1.807, 2.05) is 0 Å². The van der Waals surface area contributed by atoms with Gasteiger partial charge in [0.1, 0.15) is 0 Å². The van der Waals surface area contributed by atoms with Gasteiger partial charge in [-0.1, -0.05) is 169 Å². The third-order valence-corrected chi connectivity index (χ3v) is 13.5. The van der Waals surface area contributed by atoms with Crippen molar-refractivity contribution in [2.75, 3.05) is 65.6 Å². The van der Waals surface area contributed by atoms with Gasteiger partial charge in [-0.25, -0.2) is 0 Å². The number of ether oxygens (including phenoxy) is 2. The van der Waals surface area contributed by atoms with Gasteiger partial charge in [0.15, 0.2) is 0 Å². The summed E-state index contributed by atoms with van der Waals surface area (Å²) >= 11 is 0. The number of carbonyl (C=O) groups is 2. The maximum absolute atomic E-state index is 12.7. The second-order valence-corrected chi connectivity index (χ2v) is 19.8. The van der Waals surface area contributed by atoms with Crippen molar-refractivity contribution in [3.63, 3.8) is 0 Å². The van der Waals surface area contributed by atoms with Crippen molar-refractivity contribution in [2.24, 2.45) is 11.8 Å². The van der Waals surface area contributed by atoms with Crippen LogP contribution in [-0.2, 0) is 19.1 Å². The number of nitrogens with one attached hydrogen (secondary N) is 1. The first-order chi connectivity index (χ1) is 30.8. The van der Waals surface area contributed by atoms with E-state index in [4.69, 9.17) is 14.6 Å². The van der Waals surface area contributed by atoms with E-state index < -0.39 is 0 Å². The highest BCUT2D eigenvalue weighted by Crippen LogP contribution is 2.22. The fraction of sp³-hybridized carbons (Fsp3) is 0.963. The predicted molar refractivity (Wildman–Crippen MR) is 266 cm³/mol. The molecule has 0 aromatic carbocycles. The van der Waals surface area contributed by atoms with Gasteiger partial charge < -0.3 is 29.9 Å². The summed E-state index contributed by atoms with van der Waals surface area (Å²) in [6.45, 7) is 17.9. The number of aliphatic hydroxyl groups is 2. The molecule has 0 aromatic heterocycles. The maximum atomic E-state index is 12.7. The summed E-state index contributed by atoms with van der Waals surface area (Å²) in [6, 6.07) is 0. The van der Waals surface area contributed by atoms with Crippen LogP contribution >= 0.6 is 0 Å². The van der Waals surface area contributed by atoms with E-state index in [1.165, 1.54) is 154 Å². The largest absolute Gasteiger partial charge is 0.465 e. The van der Waals surface area contributed by atoms with Gasteiger partial charge in [-0.15, -0.1) is 0 Å². The summed E-state index contributed by atoms with van der Waals surface area (Å²) in [5.74, 6) is 1.01. The zero-order chi connectivity index (χ0) is 45.9. The Hall–Kier alpha value is -1.26. The molecule has 4 unspecified atom stereocenters. The Balaban J connectivity index is 0.00000303. The van der Waals surface area contributed by atoms with E-state index in [2.05, 4.69) is 42.8 Å². The lowest BCUT2D eigenvalue weighted by Crippen LogP contribution is -2.35. The first kappa shape index (κ1) is 59.8. The van der Waals surface area contributed by atoms with E-state index in [-0.39, 0.29) is 24.1 Å². The van der Waals surface area contributed by atoms with E-state index >= 15 is 0 Å². The molecule has 0 radical (unpaired) electrons. The van der Waals surface area contributed by atoms with E-state index in [1.54, 1.807) is 0 Å².